The third kappa shape index (κ3) is 3.67. The van der Waals surface area contributed by atoms with Gasteiger partial charge >= 0.3 is 0 Å². The fraction of sp³-hybridized carbons (Fsp3) is 1.00. The van der Waals surface area contributed by atoms with Crippen LogP contribution >= 0.6 is 0 Å². The van der Waals surface area contributed by atoms with E-state index in [0.717, 1.165) is 12.6 Å². The van der Waals surface area contributed by atoms with Crippen LogP contribution in [0.15, 0.2) is 0 Å². The van der Waals surface area contributed by atoms with Crippen LogP contribution in [-0.4, -0.2) is 55.1 Å². The molecule has 3 nitrogen and oxygen atoms in total. The highest BCUT2D eigenvalue weighted by Crippen LogP contribution is 2.27. The second kappa shape index (κ2) is 5.68. The average molecular weight is 239 g/mol. The molecule has 2 fully saturated rings. The fourth-order valence-corrected chi connectivity index (χ4v) is 3.46. The molecule has 2 rings (SSSR count). The van der Waals surface area contributed by atoms with Crippen molar-refractivity contribution in [2.24, 2.45) is 5.73 Å². The first kappa shape index (κ1) is 13.3. The zero-order valence-corrected chi connectivity index (χ0v) is 11.6. The lowest BCUT2D eigenvalue weighted by molar-refractivity contribution is 0.0988. The zero-order valence-electron chi connectivity index (χ0n) is 11.6. The van der Waals surface area contributed by atoms with Crippen molar-refractivity contribution >= 4 is 0 Å². The third-order valence-corrected chi connectivity index (χ3v) is 4.60. The second-order valence-corrected chi connectivity index (χ2v) is 6.42. The number of hydrogen-bond donors (Lipinski definition) is 1. The minimum atomic E-state index is 0.118. The molecule has 100 valence electrons. The van der Waals surface area contributed by atoms with Gasteiger partial charge in [0.15, 0.2) is 0 Å². The molecule has 1 saturated carbocycles. The van der Waals surface area contributed by atoms with Gasteiger partial charge in [-0.1, -0.05) is 19.3 Å². The van der Waals surface area contributed by atoms with E-state index in [1.165, 1.54) is 58.0 Å². The summed E-state index contributed by atoms with van der Waals surface area (Å²) in [6.07, 6.45) is 9.20. The Labute approximate surface area is 106 Å². The van der Waals surface area contributed by atoms with Crippen LogP contribution in [0.5, 0.6) is 0 Å². The lowest BCUT2D eigenvalue weighted by atomic mass is 9.82. The van der Waals surface area contributed by atoms with Gasteiger partial charge in [-0.2, -0.15) is 0 Å². The normalized spacial score (nSPS) is 30.7. The van der Waals surface area contributed by atoms with Crippen molar-refractivity contribution in [1.29, 1.82) is 0 Å². The molecule has 3 heteroatoms. The molecule has 0 spiro atoms. The van der Waals surface area contributed by atoms with Crippen LogP contribution in [0.3, 0.4) is 0 Å². The van der Waals surface area contributed by atoms with Gasteiger partial charge in [0.1, 0.15) is 0 Å². The first-order valence-electron chi connectivity index (χ1n) is 7.27. The molecule has 0 aromatic carbocycles. The number of piperidine rings is 1. The lowest BCUT2D eigenvalue weighted by Crippen LogP contribution is -2.55. The summed E-state index contributed by atoms with van der Waals surface area (Å²) in [6.45, 7) is 3.59. The first-order valence-corrected chi connectivity index (χ1v) is 7.27. The van der Waals surface area contributed by atoms with Crippen LogP contribution in [0.25, 0.3) is 0 Å². The SMILES string of the molecule is CN(C)C1CCCN(CC2(N)CCCCC2)C1. The van der Waals surface area contributed by atoms with Crippen molar-refractivity contribution in [1.82, 2.24) is 9.80 Å². The predicted molar refractivity (Wildman–Crippen MR) is 73.2 cm³/mol. The Morgan fingerprint density at radius 2 is 1.88 bits per heavy atom. The van der Waals surface area contributed by atoms with Gasteiger partial charge in [0.05, 0.1) is 0 Å². The van der Waals surface area contributed by atoms with E-state index >= 15 is 0 Å². The quantitative estimate of drug-likeness (QED) is 0.813. The Bertz CT molecular complexity index is 234. The highest BCUT2D eigenvalue weighted by Gasteiger charge is 2.31. The van der Waals surface area contributed by atoms with Crippen molar-refractivity contribution in [3.8, 4) is 0 Å². The Balaban J connectivity index is 1.85. The van der Waals surface area contributed by atoms with E-state index in [-0.39, 0.29) is 5.54 Å². The summed E-state index contributed by atoms with van der Waals surface area (Å²) in [5.41, 5.74) is 6.67. The number of likely N-dealkylation sites (tertiary alicyclic amines) is 1. The summed E-state index contributed by atoms with van der Waals surface area (Å²) >= 11 is 0. The molecule has 1 atom stereocenters. The maximum atomic E-state index is 6.56. The molecule has 1 aliphatic carbocycles. The lowest BCUT2D eigenvalue weighted by Gasteiger charge is -2.42. The van der Waals surface area contributed by atoms with Crippen LogP contribution in [-0.2, 0) is 0 Å². The van der Waals surface area contributed by atoms with Gasteiger partial charge in [0, 0.05) is 24.7 Å². The molecule has 0 aromatic rings. The summed E-state index contributed by atoms with van der Waals surface area (Å²) in [5, 5.41) is 0. The second-order valence-electron chi connectivity index (χ2n) is 6.42. The van der Waals surface area contributed by atoms with Crippen LogP contribution < -0.4 is 5.73 Å². The summed E-state index contributed by atoms with van der Waals surface area (Å²) in [4.78, 5) is 4.98. The smallest absolute Gasteiger partial charge is 0.0283 e. The predicted octanol–water partition coefficient (Wildman–Crippen LogP) is 1.67. The van der Waals surface area contributed by atoms with Crippen LogP contribution in [0.1, 0.15) is 44.9 Å². The summed E-state index contributed by atoms with van der Waals surface area (Å²) in [6, 6.07) is 0.732. The molecular weight excluding hydrogens is 210 g/mol. The van der Waals surface area contributed by atoms with Crippen LogP contribution in [0.2, 0.25) is 0 Å². The van der Waals surface area contributed by atoms with E-state index in [9.17, 15) is 0 Å². The van der Waals surface area contributed by atoms with Crippen molar-refractivity contribution in [3.63, 3.8) is 0 Å². The van der Waals surface area contributed by atoms with Crippen molar-refractivity contribution in [3.05, 3.63) is 0 Å². The Morgan fingerprint density at radius 3 is 2.53 bits per heavy atom. The minimum Gasteiger partial charge on any atom is -0.324 e. The largest absolute Gasteiger partial charge is 0.324 e. The molecule has 1 saturated heterocycles. The highest BCUT2D eigenvalue weighted by atomic mass is 15.2. The van der Waals surface area contributed by atoms with Gasteiger partial charge in [0.25, 0.3) is 0 Å². The Morgan fingerprint density at radius 1 is 1.18 bits per heavy atom. The molecule has 1 heterocycles. The monoisotopic (exact) mass is 239 g/mol. The van der Waals surface area contributed by atoms with Gasteiger partial charge in [-0.15, -0.1) is 0 Å². The minimum absolute atomic E-state index is 0.118. The van der Waals surface area contributed by atoms with Crippen LogP contribution in [0, 0.1) is 0 Å². The van der Waals surface area contributed by atoms with Gasteiger partial charge < -0.3 is 10.6 Å². The van der Waals surface area contributed by atoms with Gasteiger partial charge in [-0.3, -0.25) is 4.90 Å². The third-order valence-electron chi connectivity index (χ3n) is 4.60. The molecule has 0 bridgehead atoms. The topological polar surface area (TPSA) is 32.5 Å². The summed E-state index contributed by atoms with van der Waals surface area (Å²) in [5.74, 6) is 0. The molecule has 2 N–H and O–H groups in total. The molecule has 1 unspecified atom stereocenters. The number of rotatable bonds is 3. The zero-order chi connectivity index (χ0) is 12.3. The standard InChI is InChI=1S/C14H29N3/c1-16(2)13-7-6-10-17(11-13)12-14(15)8-4-3-5-9-14/h13H,3-12,15H2,1-2H3. The van der Waals surface area contributed by atoms with Gasteiger partial charge in [-0.05, 0) is 46.3 Å². The van der Waals surface area contributed by atoms with E-state index in [1.807, 2.05) is 0 Å². The van der Waals surface area contributed by atoms with Crippen LogP contribution in [0.4, 0.5) is 0 Å². The molecule has 0 aromatic heterocycles. The Hall–Kier alpha value is -0.120. The van der Waals surface area contributed by atoms with Crippen molar-refractivity contribution < 1.29 is 0 Å². The molecule has 0 radical (unpaired) electrons. The van der Waals surface area contributed by atoms with Gasteiger partial charge in [0.2, 0.25) is 0 Å². The number of hydrogen-bond acceptors (Lipinski definition) is 3. The molecule has 17 heavy (non-hydrogen) atoms. The maximum Gasteiger partial charge on any atom is 0.0283 e. The molecule has 1 aliphatic heterocycles. The van der Waals surface area contributed by atoms with Crippen molar-refractivity contribution in [2.75, 3.05) is 33.7 Å². The maximum absolute atomic E-state index is 6.56. The van der Waals surface area contributed by atoms with E-state index in [2.05, 4.69) is 23.9 Å². The molecule has 2 aliphatic rings. The van der Waals surface area contributed by atoms with Crippen molar-refractivity contribution in [2.45, 2.75) is 56.5 Å². The molecular formula is C14H29N3. The number of nitrogens with two attached hydrogens (primary N) is 1. The highest BCUT2D eigenvalue weighted by molar-refractivity contribution is 4.92. The Kier molecular flexibility index (Phi) is 4.45. The van der Waals surface area contributed by atoms with Gasteiger partial charge in [-0.25, -0.2) is 0 Å². The number of nitrogens with zero attached hydrogens (tertiary/aromatic N) is 2. The van der Waals surface area contributed by atoms with E-state index < -0.39 is 0 Å². The van der Waals surface area contributed by atoms with E-state index in [1.54, 1.807) is 0 Å². The first-order chi connectivity index (χ1) is 8.09. The number of likely N-dealkylation sites (N-methyl/N-ethyl adjacent to an activating group) is 1. The van der Waals surface area contributed by atoms with E-state index in [0.29, 0.717) is 0 Å². The van der Waals surface area contributed by atoms with E-state index in [4.69, 9.17) is 5.73 Å². The average Bonchev–Trinajstić information content (AvgIpc) is 2.29. The molecule has 0 amide bonds. The summed E-state index contributed by atoms with van der Waals surface area (Å²) in [7, 11) is 4.40. The summed E-state index contributed by atoms with van der Waals surface area (Å²) < 4.78 is 0. The fourth-order valence-electron chi connectivity index (χ4n) is 3.46.